The molecule has 0 spiro atoms. The highest BCUT2D eigenvalue weighted by atomic mass is 31.2. The molecule has 186 valence electrons. The van der Waals surface area contributed by atoms with Gasteiger partial charge in [-0.3, -0.25) is 4.79 Å². The number of fused-ring (bicyclic) bond motifs is 1. The van der Waals surface area contributed by atoms with Crippen LogP contribution < -0.4 is 16.1 Å². The molecule has 3 heterocycles. The van der Waals surface area contributed by atoms with Crippen LogP contribution in [0, 0.1) is 11.2 Å². The molecule has 2 aromatic rings. The van der Waals surface area contributed by atoms with Gasteiger partial charge in [0, 0.05) is 30.7 Å². The molecule has 1 atom stereocenters. The molecular weight excluding hydrogens is 476 g/mol. The van der Waals surface area contributed by atoms with Crippen molar-refractivity contribution < 1.29 is 38.4 Å². The minimum atomic E-state index is -4.64. The summed E-state index contributed by atoms with van der Waals surface area (Å²) in [5.74, 6) is -1.96. The normalized spacial score (nSPS) is 21.5. The molecule has 2 aliphatic rings. The van der Waals surface area contributed by atoms with Gasteiger partial charge in [0.2, 0.25) is 5.43 Å². The number of nitrogens with zero attached hydrogens (tertiary/aromatic N) is 4. The second-order valence-corrected chi connectivity index (χ2v) is 9.36. The van der Waals surface area contributed by atoms with Crippen molar-refractivity contribution in [3.63, 3.8) is 0 Å². The number of carboxylic acids is 1. The maximum atomic E-state index is 15.0. The van der Waals surface area contributed by atoms with E-state index >= 15 is 0 Å². The molecule has 1 saturated carbocycles. The van der Waals surface area contributed by atoms with Crippen LogP contribution in [-0.2, 0) is 9.40 Å². The smallest absolute Gasteiger partial charge is 0.466 e. The molecule has 2 fully saturated rings. The summed E-state index contributed by atoms with van der Waals surface area (Å²) in [5, 5.41) is 13.3. The van der Waals surface area contributed by atoms with Gasteiger partial charge in [-0.1, -0.05) is 12.1 Å². The highest BCUT2D eigenvalue weighted by Crippen LogP contribution is 2.38. The first kappa shape index (κ1) is 25.7. The Kier molecular flexibility index (Phi) is 7.10. The molecule has 34 heavy (non-hydrogen) atoms. The summed E-state index contributed by atoms with van der Waals surface area (Å²) in [5.41, 5.74) is 5.26. The van der Waals surface area contributed by atoms with Gasteiger partial charge in [0.15, 0.2) is 11.6 Å². The summed E-state index contributed by atoms with van der Waals surface area (Å²) in [6, 6.07) is 1.14. The number of pyridine rings is 2. The lowest BCUT2D eigenvalue weighted by Gasteiger charge is -2.23. The molecule has 0 aromatic carbocycles. The van der Waals surface area contributed by atoms with E-state index < -0.39 is 30.5 Å². The first-order valence-corrected chi connectivity index (χ1v) is 11.7. The SMILES string of the molecule is CON=C1CN(c2nc3c(cc2F)c(=O)c(C(=O)O)cn3C2CC2)C[C@@]1(C)CN.O=P(O)(O)O. The van der Waals surface area contributed by atoms with E-state index in [0.717, 1.165) is 18.9 Å². The lowest BCUT2D eigenvalue weighted by atomic mass is 9.88. The minimum Gasteiger partial charge on any atom is -0.477 e. The number of oxime groups is 1. The number of nitrogens with two attached hydrogens (primary N) is 1. The molecule has 1 aliphatic carbocycles. The Morgan fingerprint density at radius 1 is 1.41 bits per heavy atom. The minimum absolute atomic E-state index is 0.0374. The molecule has 1 saturated heterocycles. The van der Waals surface area contributed by atoms with Crippen molar-refractivity contribution in [1.29, 1.82) is 0 Å². The fourth-order valence-electron chi connectivity index (χ4n) is 3.76. The lowest BCUT2D eigenvalue weighted by molar-refractivity contribution is 0.0694. The van der Waals surface area contributed by atoms with Gasteiger partial charge in [0.05, 0.1) is 17.6 Å². The third kappa shape index (κ3) is 5.42. The van der Waals surface area contributed by atoms with Crippen molar-refractivity contribution in [2.75, 3.05) is 31.6 Å². The first-order valence-electron chi connectivity index (χ1n) is 10.1. The zero-order chi connectivity index (χ0) is 25.4. The standard InChI is InChI=1S/C19H22FN5O4.H3O4P/c1-19(8-21)9-24(7-14(19)23-29-2)17-13(20)5-11-15(26)12(18(27)28)6-25(10-3-4-10)16(11)22-17;1-5(2,3)4/h5-6,10H,3-4,7-9,21H2,1-2H3,(H,27,28);(H3,1,2,3,4)/t19-;/m1./s1. The maximum Gasteiger partial charge on any atom is 0.466 e. The van der Waals surface area contributed by atoms with Crippen LogP contribution in [0.4, 0.5) is 10.2 Å². The van der Waals surface area contributed by atoms with Crippen molar-refractivity contribution in [2.45, 2.75) is 25.8 Å². The Labute approximate surface area is 192 Å². The predicted molar refractivity (Wildman–Crippen MR) is 119 cm³/mol. The average molecular weight is 501 g/mol. The van der Waals surface area contributed by atoms with Crippen molar-refractivity contribution in [3.05, 3.63) is 33.9 Å². The molecule has 0 bridgehead atoms. The second kappa shape index (κ2) is 9.39. The first-order chi connectivity index (χ1) is 15.8. The Bertz CT molecular complexity index is 1250. The molecule has 0 amide bonds. The van der Waals surface area contributed by atoms with Gasteiger partial charge in [0.25, 0.3) is 0 Å². The largest absolute Gasteiger partial charge is 0.477 e. The Morgan fingerprint density at radius 3 is 2.53 bits per heavy atom. The van der Waals surface area contributed by atoms with Gasteiger partial charge < -0.3 is 39.8 Å². The molecule has 15 heteroatoms. The van der Waals surface area contributed by atoms with E-state index in [4.69, 9.17) is 29.8 Å². The third-order valence-corrected chi connectivity index (χ3v) is 5.64. The van der Waals surface area contributed by atoms with Gasteiger partial charge in [-0.05, 0) is 18.9 Å². The second-order valence-electron chi connectivity index (χ2n) is 8.34. The number of halogens is 1. The van der Waals surface area contributed by atoms with E-state index in [9.17, 15) is 19.1 Å². The van der Waals surface area contributed by atoms with Crippen molar-refractivity contribution in [3.8, 4) is 0 Å². The zero-order valence-corrected chi connectivity index (χ0v) is 19.3. The van der Waals surface area contributed by atoms with Crippen molar-refractivity contribution in [1.82, 2.24) is 9.55 Å². The van der Waals surface area contributed by atoms with E-state index in [-0.39, 0.29) is 35.0 Å². The number of hydrogen-bond acceptors (Lipinski definition) is 8. The topological polar surface area (TPSA) is 201 Å². The molecule has 0 radical (unpaired) electrons. The third-order valence-electron chi connectivity index (χ3n) is 5.64. The number of phosphoric acid groups is 1. The summed E-state index contributed by atoms with van der Waals surface area (Å²) < 4.78 is 25.6. The summed E-state index contributed by atoms with van der Waals surface area (Å²) >= 11 is 0. The fourth-order valence-corrected chi connectivity index (χ4v) is 3.76. The van der Waals surface area contributed by atoms with Gasteiger partial charge >= 0.3 is 13.8 Å². The zero-order valence-electron chi connectivity index (χ0n) is 18.4. The van der Waals surface area contributed by atoms with Crippen molar-refractivity contribution >= 4 is 36.4 Å². The Balaban J connectivity index is 0.000000588. The van der Waals surface area contributed by atoms with Crippen LogP contribution in [0.15, 0.2) is 22.2 Å². The number of rotatable bonds is 5. The highest BCUT2D eigenvalue weighted by molar-refractivity contribution is 7.45. The summed E-state index contributed by atoms with van der Waals surface area (Å²) in [4.78, 5) is 56.7. The summed E-state index contributed by atoms with van der Waals surface area (Å²) in [7, 11) is -3.20. The molecule has 1 aliphatic heterocycles. The van der Waals surface area contributed by atoms with Gasteiger partial charge in [-0.15, -0.1) is 0 Å². The molecule has 13 nitrogen and oxygen atoms in total. The molecule has 6 N–H and O–H groups in total. The molecule has 0 unspecified atom stereocenters. The van der Waals surface area contributed by atoms with Crippen LogP contribution in [0.25, 0.3) is 11.0 Å². The van der Waals surface area contributed by atoms with Crippen LogP contribution in [-0.4, -0.2) is 67.8 Å². The van der Waals surface area contributed by atoms with Crippen LogP contribution >= 0.6 is 7.82 Å². The number of anilines is 1. The van der Waals surface area contributed by atoms with Crippen LogP contribution in [0.1, 0.15) is 36.2 Å². The number of aromatic carboxylic acids is 1. The van der Waals surface area contributed by atoms with Crippen LogP contribution in [0.3, 0.4) is 0 Å². The Morgan fingerprint density at radius 2 is 2.03 bits per heavy atom. The number of carboxylic acid groups (broad SMARTS) is 1. The van der Waals surface area contributed by atoms with Gasteiger partial charge in [0.1, 0.15) is 18.3 Å². The van der Waals surface area contributed by atoms with Crippen LogP contribution in [0.2, 0.25) is 0 Å². The predicted octanol–water partition coefficient (Wildman–Crippen LogP) is 0.428. The highest BCUT2D eigenvalue weighted by Gasteiger charge is 2.41. The fraction of sp³-hybridized carbons (Fsp3) is 0.474. The quantitative estimate of drug-likeness (QED) is 0.281. The molecule has 2 aromatic heterocycles. The summed E-state index contributed by atoms with van der Waals surface area (Å²) in [6.45, 7) is 2.90. The van der Waals surface area contributed by atoms with Gasteiger partial charge in [-0.25, -0.2) is 18.7 Å². The number of carbonyl (C=O) groups is 1. The van der Waals surface area contributed by atoms with Crippen LogP contribution in [0.5, 0.6) is 0 Å². The van der Waals surface area contributed by atoms with Gasteiger partial charge in [-0.2, -0.15) is 0 Å². The Hall–Kier alpha value is -2.90. The van der Waals surface area contributed by atoms with E-state index in [2.05, 4.69) is 10.1 Å². The maximum absolute atomic E-state index is 15.0. The van der Waals surface area contributed by atoms with E-state index in [1.807, 2.05) is 6.92 Å². The molecule has 4 rings (SSSR count). The summed E-state index contributed by atoms with van der Waals surface area (Å²) in [6.07, 6.45) is 3.02. The number of aromatic nitrogens is 2. The lowest BCUT2D eigenvalue weighted by Crippen LogP contribution is -2.36. The molecular formula is C19H25FN5O8P. The van der Waals surface area contributed by atoms with E-state index in [1.165, 1.54) is 13.3 Å². The average Bonchev–Trinajstić information content (AvgIpc) is 3.51. The van der Waals surface area contributed by atoms with E-state index in [0.29, 0.717) is 18.8 Å². The monoisotopic (exact) mass is 501 g/mol. The van der Waals surface area contributed by atoms with E-state index in [1.54, 1.807) is 9.47 Å². The number of hydrogen-bond donors (Lipinski definition) is 5. The van der Waals surface area contributed by atoms with Crippen molar-refractivity contribution in [2.24, 2.45) is 16.3 Å².